The predicted octanol–water partition coefficient (Wildman–Crippen LogP) is 5.21. The molecule has 1 aliphatic heterocycles. The van der Waals surface area contributed by atoms with Gasteiger partial charge in [-0.1, -0.05) is 39.3 Å². The Kier molecular flexibility index (Phi) is 4.90. The summed E-state index contributed by atoms with van der Waals surface area (Å²) in [6.07, 6.45) is 4.33. The van der Waals surface area contributed by atoms with Gasteiger partial charge in [0.25, 0.3) is 5.91 Å². The summed E-state index contributed by atoms with van der Waals surface area (Å²) in [4.78, 5) is 16.5. The lowest BCUT2D eigenvalue weighted by molar-refractivity contribution is 0.0934. The summed E-state index contributed by atoms with van der Waals surface area (Å²) < 4.78 is 0. The van der Waals surface area contributed by atoms with Gasteiger partial charge in [0.1, 0.15) is 11.2 Å². The fraction of sp³-hybridized carbons (Fsp3) is 0.522. The minimum atomic E-state index is -0.167. The molecule has 150 valence electrons. The largest absolute Gasteiger partial charge is 0.378 e. The zero-order valence-electron chi connectivity index (χ0n) is 17.6. The van der Waals surface area contributed by atoms with E-state index < -0.39 is 0 Å². The molecule has 2 aliphatic rings. The topological polar surface area (TPSA) is 44.4 Å². The Bertz CT molecular complexity index is 882. The first-order chi connectivity index (χ1) is 13.3. The van der Waals surface area contributed by atoms with Crippen molar-refractivity contribution < 1.29 is 4.79 Å². The summed E-state index contributed by atoms with van der Waals surface area (Å²) in [6, 6.07) is 8.36. The molecule has 0 saturated heterocycles. The van der Waals surface area contributed by atoms with Crippen LogP contribution in [0.15, 0.2) is 24.3 Å². The maximum absolute atomic E-state index is 13.0. The Morgan fingerprint density at radius 1 is 1.18 bits per heavy atom. The number of thiophene rings is 1. The Morgan fingerprint density at radius 3 is 2.54 bits per heavy atom. The average Bonchev–Trinajstić information content (AvgIpc) is 3.06. The Balaban J connectivity index is 1.59. The number of benzene rings is 1. The van der Waals surface area contributed by atoms with Crippen LogP contribution in [0.5, 0.6) is 0 Å². The second-order valence-electron chi connectivity index (χ2n) is 9.03. The van der Waals surface area contributed by atoms with Crippen molar-refractivity contribution in [3.63, 3.8) is 0 Å². The van der Waals surface area contributed by atoms with Crippen molar-refractivity contribution in [2.75, 3.05) is 24.3 Å². The number of hydrogen-bond donors (Lipinski definition) is 2. The number of nitrogens with zero attached hydrogens (tertiary/aromatic N) is 1. The molecule has 4 nitrogen and oxygen atoms in total. The first-order valence-electron chi connectivity index (χ1n) is 10.3. The first-order valence-corrected chi connectivity index (χ1v) is 11.1. The van der Waals surface area contributed by atoms with Gasteiger partial charge in [-0.15, -0.1) is 11.3 Å². The highest BCUT2D eigenvalue weighted by Gasteiger charge is 2.37. The monoisotopic (exact) mass is 397 g/mol. The molecule has 1 aliphatic carbocycles. The molecule has 0 bridgehead atoms. The number of fused-ring (bicyclic) bond motifs is 3. The maximum Gasteiger partial charge on any atom is 0.256 e. The standard InChI is InChI=1S/C23H31N3OS/c1-6-23(2,3)15-9-12-17-18(13-15)28-22-19(17)21(27)24-20(25-22)14-7-10-16(11-8-14)26(4)5/h7-8,10-11,15,20,25H,6,9,12-13H2,1-5H3,(H,24,27)/t15-,20+/m1/s1. The molecule has 4 rings (SSSR count). The van der Waals surface area contributed by atoms with Crippen LogP contribution in [0, 0.1) is 11.3 Å². The minimum absolute atomic E-state index is 0.0705. The van der Waals surface area contributed by atoms with Gasteiger partial charge in [-0.25, -0.2) is 0 Å². The van der Waals surface area contributed by atoms with Crippen molar-refractivity contribution in [2.24, 2.45) is 11.3 Å². The summed E-state index contributed by atoms with van der Waals surface area (Å²) in [6.45, 7) is 7.05. The van der Waals surface area contributed by atoms with E-state index in [1.807, 2.05) is 14.1 Å². The molecule has 1 aromatic carbocycles. The molecule has 2 heterocycles. The number of rotatable bonds is 4. The van der Waals surface area contributed by atoms with E-state index >= 15 is 0 Å². The van der Waals surface area contributed by atoms with Gasteiger partial charge in [-0.2, -0.15) is 0 Å². The number of carbonyl (C=O) groups excluding carboxylic acids is 1. The normalized spacial score (nSPS) is 21.4. The van der Waals surface area contributed by atoms with Crippen LogP contribution in [0.2, 0.25) is 0 Å². The molecular formula is C23H31N3OS. The van der Waals surface area contributed by atoms with Gasteiger partial charge >= 0.3 is 0 Å². The fourth-order valence-electron chi connectivity index (χ4n) is 4.39. The Hall–Kier alpha value is -2.01. The summed E-state index contributed by atoms with van der Waals surface area (Å²) in [7, 11) is 4.07. The van der Waals surface area contributed by atoms with E-state index in [9.17, 15) is 4.79 Å². The van der Waals surface area contributed by atoms with Crippen molar-refractivity contribution in [3.05, 3.63) is 45.8 Å². The van der Waals surface area contributed by atoms with E-state index in [1.165, 1.54) is 23.3 Å². The van der Waals surface area contributed by atoms with Crippen LogP contribution >= 0.6 is 11.3 Å². The molecule has 0 radical (unpaired) electrons. The first kappa shape index (κ1) is 19.3. The van der Waals surface area contributed by atoms with Crippen molar-refractivity contribution in [2.45, 2.75) is 52.6 Å². The summed E-state index contributed by atoms with van der Waals surface area (Å²) in [5.41, 5.74) is 4.78. The van der Waals surface area contributed by atoms with Gasteiger partial charge in [-0.3, -0.25) is 4.79 Å². The molecule has 5 heteroatoms. The second-order valence-corrected chi connectivity index (χ2v) is 10.1. The maximum atomic E-state index is 13.0. The SMILES string of the molecule is CCC(C)(C)[C@@H]1CCc2c(sc3c2C(=O)N[C@H](c2ccc(N(C)C)cc2)N3)C1. The lowest BCUT2D eigenvalue weighted by Crippen LogP contribution is -2.38. The zero-order chi connectivity index (χ0) is 20.1. The fourth-order valence-corrected chi connectivity index (χ4v) is 5.74. The van der Waals surface area contributed by atoms with Crippen molar-refractivity contribution in [1.29, 1.82) is 0 Å². The summed E-state index contributed by atoms with van der Waals surface area (Å²) in [5.74, 6) is 0.767. The van der Waals surface area contributed by atoms with E-state index in [4.69, 9.17) is 0 Å². The lowest BCUT2D eigenvalue weighted by atomic mass is 9.69. The molecular weight excluding hydrogens is 366 g/mol. The second kappa shape index (κ2) is 7.11. The quantitative estimate of drug-likeness (QED) is 0.744. The summed E-state index contributed by atoms with van der Waals surface area (Å²) >= 11 is 1.80. The molecule has 0 spiro atoms. The smallest absolute Gasteiger partial charge is 0.256 e. The molecule has 0 fully saturated rings. The van der Waals surface area contributed by atoms with E-state index in [0.29, 0.717) is 11.3 Å². The van der Waals surface area contributed by atoms with Crippen LogP contribution in [0.3, 0.4) is 0 Å². The number of anilines is 2. The van der Waals surface area contributed by atoms with Gasteiger partial charge in [0, 0.05) is 24.7 Å². The Morgan fingerprint density at radius 2 is 1.89 bits per heavy atom. The number of hydrogen-bond acceptors (Lipinski definition) is 4. The molecule has 2 aromatic rings. The third-order valence-corrected chi connectivity index (χ3v) is 7.99. The van der Waals surface area contributed by atoms with E-state index in [-0.39, 0.29) is 12.1 Å². The molecule has 0 saturated carbocycles. The van der Waals surface area contributed by atoms with E-state index in [0.717, 1.165) is 34.7 Å². The van der Waals surface area contributed by atoms with Gasteiger partial charge in [-0.05, 0) is 53.9 Å². The highest BCUT2D eigenvalue weighted by molar-refractivity contribution is 7.16. The highest BCUT2D eigenvalue weighted by atomic mass is 32.1. The van der Waals surface area contributed by atoms with Crippen LogP contribution in [0.4, 0.5) is 10.7 Å². The average molecular weight is 398 g/mol. The van der Waals surface area contributed by atoms with Crippen molar-refractivity contribution in [3.8, 4) is 0 Å². The number of carbonyl (C=O) groups is 1. The van der Waals surface area contributed by atoms with Crippen LogP contribution in [0.25, 0.3) is 0 Å². The molecule has 28 heavy (non-hydrogen) atoms. The molecule has 0 unspecified atom stereocenters. The summed E-state index contributed by atoms with van der Waals surface area (Å²) in [5, 5.41) is 7.81. The molecule has 2 atom stereocenters. The van der Waals surface area contributed by atoms with Crippen LogP contribution in [-0.2, 0) is 12.8 Å². The third kappa shape index (κ3) is 3.30. The van der Waals surface area contributed by atoms with Gasteiger partial charge < -0.3 is 15.5 Å². The van der Waals surface area contributed by atoms with Crippen molar-refractivity contribution >= 4 is 27.9 Å². The van der Waals surface area contributed by atoms with Gasteiger partial charge in [0.2, 0.25) is 0 Å². The number of amides is 1. The van der Waals surface area contributed by atoms with Gasteiger partial charge in [0.05, 0.1) is 5.56 Å². The number of nitrogens with one attached hydrogen (secondary N) is 2. The Labute approximate surface area is 172 Å². The molecule has 1 aromatic heterocycles. The highest BCUT2D eigenvalue weighted by Crippen LogP contribution is 2.46. The third-order valence-electron chi connectivity index (χ3n) is 6.80. The van der Waals surface area contributed by atoms with E-state index in [1.54, 1.807) is 11.3 Å². The minimum Gasteiger partial charge on any atom is -0.378 e. The van der Waals surface area contributed by atoms with Crippen LogP contribution in [0.1, 0.15) is 66.1 Å². The van der Waals surface area contributed by atoms with Crippen molar-refractivity contribution in [1.82, 2.24) is 5.32 Å². The lowest BCUT2D eigenvalue weighted by Gasteiger charge is -2.36. The van der Waals surface area contributed by atoms with Crippen LogP contribution < -0.4 is 15.5 Å². The molecule has 2 N–H and O–H groups in total. The molecule has 1 amide bonds. The van der Waals surface area contributed by atoms with Gasteiger partial charge in [0.15, 0.2) is 0 Å². The zero-order valence-corrected chi connectivity index (χ0v) is 18.4. The predicted molar refractivity (Wildman–Crippen MR) is 119 cm³/mol. The van der Waals surface area contributed by atoms with E-state index in [2.05, 4.69) is 60.6 Å². The van der Waals surface area contributed by atoms with Crippen LogP contribution in [-0.4, -0.2) is 20.0 Å².